The van der Waals surface area contributed by atoms with Gasteiger partial charge in [0.1, 0.15) is 0 Å². The van der Waals surface area contributed by atoms with Crippen molar-refractivity contribution in [3.05, 3.63) is 24.3 Å². The van der Waals surface area contributed by atoms with Crippen LogP contribution in [0.4, 0.5) is 0 Å². The SMILES string of the molecule is [CH3][Sn]([CH3])([CH3])[n]1nnc2ccccc21. The quantitative estimate of drug-likeness (QED) is 0.750. The first-order chi connectivity index (χ1) is 6.09. The van der Waals surface area contributed by atoms with Gasteiger partial charge in [0.2, 0.25) is 0 Å². The minimum atomic E-state index is -2.12. The molecule has 0 unspecified atom stereocenters. The van der Waals surface area contributed by atoms with E-state index in [0.29, 0.717) is 0 Å². The van der Waals surface area contributed by atoms with Gasteiger partial charge in [0, 0.05) is 0 Å². The van der Waals surface area contributed by atoms with E-state index in [1.165, 1.54) is 5.52 Å². The zero-order chi connectivity index (χ0) is 9.47. The van der Waals surface area contributed by atoms with Gasteiger partial charge in [-0.1, -0.05) is 0 Å². The summed E-state index contributed by atoms with van der Waals surface area (Å²) in [4.78, 5) is 6.99. The summed E-state index contributed by atoms with van der Waals surface area (Å²) in [5.41, 5.74) is 2.19. The molecule has 3 nitrogen and oxygen atoms in total. The predicted molar refractivity (Wildman–Crippen MR) is 56.3 cm³/mol. The van der Waals surface area contributed by atoms with E-state index >= 15 is 0 Å². The van der Waals surface area contributed by atoms with Crippen LogP contribution in [0.15, 0.2) is 24.3 Å². The van der Waals surface area contributed by atoms with Crippen LogP contribution in [0.1, 0.15) is 0 Å². The molecule has 13 heavy (non-hydrogen) atoms. The number of para-hydroxylation sites is 1. The molecule has 1 heterocycles. The Hall–Kier alpha value is -0.581. The second kappa shape index (κ2) is 2.97. The molecule has 2 rings (SSSR count). The molecule has 0 aliphatic carbocycles. The molecule has 0 N–H and O–H groups in total. The molecular weight excluding hydrogens is 269 g/mol. The molecule has 68 valence electrons. The summed E-state index contributed by atoms with van der Waals surface area (Å²) < 4.78 is 2.16. The van der Waals surface area contributed by atoms with Crippen LogP contribution in [0, 0.1) is 0 Å². The molecule has 1 aromatic carbocycles. The summed E-state index contributed by atoms with van der Waals surface area (Å²) in [6, 6.07) is 8.15. The zero-order valence-corrected chi connectivity index (χ0v) is 11.0. The molecule has 0 spiro atoms. The molecule has 4 heteroatoms. The van der Waals surface area contributed by atoms with E-state index < -0.39 is 18.7 Å². The molecule has 0 atom stereocenters. The van der Waals surface area contributed by atoms with Gasteiger partial charge in [-0.2, -0.15) is 0 Å². The molecule has 0 amide bonds. The van der Waals surface area contributed by atoms with E-state index in [1.54, 1.807) is 0 Å². The second-order valence-electron chi connectivity index (χ2n) is 4.16. The fourth-order valence-electron chi connectivity index (χ4n) is 1.36. The van der Waals surface area contributed by atoms with Gasteiger partial charge in [-0.15, -0.1) is 0 Å². The van der Waals surface area contributed by atoms with E-state index in [2.05, 4.69) is 34.1 Å². The van der Waals surface area contributed by atoms with Gasteiger partial charge < -0.3 is 0 Å². The normalized spacial score (nSPS) is 12.2. The van der Waals surface area contributed by atoms with Crippen molar-refractivity contribution >= 4 is 29.7 Å². The van der Waals surface area contributed by atoms with Crippen molar-refractivity contribution in [3.63, 3.8) is 0 Å². The van der Waals surface area contributed by atoms with Crippen LogP contribution in [0.3, 0.4) is 0 Å². The third-order valence-corrected chi connectivity index (χ3v) is 6.56. The first-order valence-electron chi connectivity index (χ1n) is 4.40. The van der Waals surface area contributed by atoms with Crippen LogP contribution in [0.2, 0.25) is 14.8 Å². The molecule has 0 fully saturated rings. The third kappa shape index (κ3) is 1.57. The van der Waals surface area contributed by atoms with Gasteiger partial charge in [0.25, 0.3) is 0 Å². The molecule has 0 bridgehead atoms. The van der Waals surface area contributed by atoms with Crippen molar-refractivity contribution in [1.29, 1.82) is 0 Å². The Balaban J connectivity index is 2.72. The first kappa shape index (κ1) is 8.99. The number of rotatable bonds is 1. The van der Waals surface area contributed by atoms with Gasteiger partial charge >= 0.3 is 82.0 Å². The monoisotopic (exact) mass is 283 g/mol. The summed E-state index contributed by atoms with van der Waals surface area (Å²) >= 11 is -2.12. The van der Waals surface area contributed by atoms with Gasteiger partial charge in [0.15, 0.2) is 0 Å². The Morgan fingerprint density at radius 2 is 1.85 bits per heavy atom. The molecule has 0 aliphatic heterocycles. The molecule has 0 saturated heterocycles. The van der Waals surface area contributed by atoms with E-state index in [4.69, 9.17) is 0 Å². The maximum atomic E-state index is 4.23. The van der Waals surface area contributed by atoms with Crippen molar-refractivity contribution in [1.82, 2.24) is 13.2 Å². The van der Waals surface area contributed by atoms with Crippen molar-refractivity contribution < 1.29 is 0 Å². The van der Waals surface area contributed by atoms with Crippen molar-refractivity contribution in [2.24, 2.45) is 0 Å². The Kier molecular flexibility index (Phi) is 2.06. The van der Waals surface area contributed by atoms with E-state index in [1.807, 2.05) is 18.2 Å². The van der Waals surface area contributed by atoms with Crippen LogP contribution in [-0.2, 0) is 0 Å². The van der Waals surface area contributed by atoms with Gasteiger partial charge in [-0.05, 0) is 0 Å². The summed E-state index contributed by atoms with van der Waals surface area (Å²) in [7, 11) is 0. The number of benzene rings is 1. The third-order valence-electron chi connectivity index (χ3n) is 1.99. The molecule has 2 aromatic rings. The molecule has 0 aliphatic rings. The van der Waals surface area contributed by atoms with Gasteiger partial charge in [0.05, 0.1) is 0 Å². The van der Waals surface area contributed by atoms with Crippen LogP contribution < -0.4 is 0 Å². The number of nitrogens with zero attached hydrogens (tertiary/aromatic N) is 3. The zero-order valence-electron chi connectivity index (χ0n) is 8.15. The minimum absolute atomic E-state index is 1.01. The van der Waals surface area contributed by atoms with E-state index in [-0.39, 0.29) is 0 Å². The Bertz CT molecular complexity index is 428. The summed E-state index contributed by atoms with van der Waals surface area (Å²) in [6.45, 7) is 0. The van der Waals surface area contributed by atoms with Crippen molar-refractivity contribution in [3.8, 4) is 0 Å². The van der Waals surface area contributed by atoms with Gasteiger partial charge in [-0.3, -0.25) is 0 Å². The van der Waals surface area contributed by atoms with Crippen LogP contribution in [0.25, 0.3) is 11.0 Å². The van der Waals surface area contributed by atoms with Crippen molar-refractivity contribution in [2.45, 2.75) is 14.8 Å². The summed E-state index contributed by atoms with van der Waals surface area (Å²) in [5.74, 6) is 0. The molecule has 0 radical (unpaired) electrons. The van der Waals surface area contributed by atoms with Crippen molar-refractivity contribution in [2.75, 3.05) is 0 Å². The fraction of sp³-hybridized carbons (Fsp3) is 0.333. The topological polar surface area (TPSA) is 30.7 Å². The Morgan fingerprint density at radius 1 is 1.15 bits per heavy atom. The maximum absolute atomic E-state index is 4.23. The standard InChI is InChI=1S/C6H4N3.3CH3.Sn/c1-2-4-6-5(3-1)7-9-8-6;;;;/h1-4H;3*1H3;/q-1;;;;+1. The molecule has 1 aromatic heterocycles. The Labute approximate surface area is 82.0 Å². The Morgan fingerprint density at radius 3 is 2.54 bits per heavy atom. The van der Waals surface area contributed by atoms with Crippen LogP contribution in [-0.4, -0.2) is 31.9 Å². The van der Waals surface area contributed by atoms with Gasteiger partial charge in [-0.25, -0.2) is 0 Å². The van der Waals surface area contributed by atoms with E-state index in [0.717, 1.165) is 5.52 Å². The number of hydrogen-bond acceptors (Lipinski definition) is 2. The average molecular weight is 282 g/mol. The average Bonchev–Trinajstić information content (AvgIpc) is 2.45. The van der Waals surface area contributed by atoms with Crippen LogP contribution in [0.5, 0.6) is 0 Å². The number of aromatic nitrogens is 3. The summed E-state index contributed by atoms with van der Waals surface area (Å²) in [6.07, 6.45) is 0. The number of hydrogen-bond donors (Lipinski definition) is 0. The second-order valence-corrected chi connectivity index (χ2v) is 17.8. The first-order valence-corrected chi connectivity index (χ1v) is 14.2. The predicted octanol–water partition coefficient (Wildman–Crippen LogP) is 2.11. The fourth-order valence-corrected chi connectivity index (χ4v) is 4.86. The van der Waals surface area contributed by atoms with E-state index in [9.17, 15) is 0 Å². The summed E-state index contributed by atoms with van der Waals surface area (Å²) in [5, 5.41) is 8.38. The molecule has 0 saturated carbocycles. The van der Waals surface area contributed by atoms with Crippen LogP contribution >= 0.6 is 0 Å². The number of fused-ring (bicyclic) bond motifs is 1. The molecular formula is C9H13N3Sn.